The van der Waals surface area contributed by atoms with Gasteiger partial charge in [-0.1, -0.05) is 6.58 Å². The highest BCUT2D eigenvalue weighted by molar-refractivity contribution is 6.04. The number of anilines is 1. The van der Waals surface area contributed by atoms with E-state index in [1.165, 1.54) is 16.7 Å². The standard InChI is InChI=1S/C14H19NO/c1-9(2)14(16)15(6)13-7-10(3)12(5)11(4)8-13/h7-8H,1H2,2-6H3. The first-order valence-electron chi connectivity index (χ1n) is 5.36. The van der Waals surface area contributed by atoms with E-state index in [0.717, 1.165) is 5.69 Å². The van der Waals surface area contributed by atoms with Gasteiger partial charge in [-0.05, 0) is 56.5 Å². The Balaban J connectivity index is 3.15. The van der Waals surface area contributed by atoms with Crippen molar-refractivity contribution in [2.75, 3.05) is 11.9 Å². The monoisotopic (exact) mass is 217 g/mol. The normalized spacial score (nSPS) is 10.1. The van der Waals surface area contributed by atoms with Gasteiger partial charge in [-0.25, -0.2) is 0 Å². The molecule has 0 aromatic heterocycles. The molecule has 0 saturated heterocycles. The molecule has 0 bridgehead atoms. The minimum Gasteiger partial charge on any atom is -0.312 e. The number of benzene rings is 1. The number of aryl methyl sites for hydroxylation is 2. The first kappa shape index (κ1) is 12.5. The van der Waals surface area contributed by atoms with Gasteiger partial charge in [-0.3, -0.25) is 4.79 Å². The van der Waals surface area contributed by atoms with Gasteiger partial charge in [0.05, 0.1) is 0 Å². The van der Waals surface area contributed by atoms with Crippen molar-refractivity contribution >= 4 is 11.6 Å². The van der Waals surface area contributed by atoms with Crippen LogP contribution in [-0.4, -0.2) is 13.0 Å². The molecular formula is C14H19NO. The molecule has 1 aromatic rings. The number of hydrogen-bond donors (Lipinski definition) is 0. The number of hydrogen-bond acceptors (Lipinski definition) is 1. The molecule has 0 aliphatic carbocycles. The molecule has 1 rings (SSSR count). The van der Waals surface area contributed by atoms with E-state index in [4.69, 9.17) is 0 Å². The number of nitrogens with zero attached hydrogens (tertiary/aromatic N) is 1. The van der Waals surface area contributed by atoms with Crippen LogP contribution in [0.3, 0.4) is 0 Å². The van der Waals surface area contributed by atoms with Gasteiger partial charge in [0.1, 0.15) is 0 Å². The molecular weight excluding hydrogens is 198 g/mol. The largest absolute Gasteiger partial charge is 0.312 e. The highest BCUT2D eigenvalue weighted by Gasteiger charge is 2.12. The fourth-order valence-electron chi connectivity index (χ4n) is 1.61. The van der Waals surface area contributed by atoms with Crippen LogP contribution in [-0.2, 0) is 4.79 Å². The molecule has 2 nitrogen and oxygen atoms in total. The molecule has 16 heavy (non-hydrogen) atoms. The summed E-state index contributed by atoms with van der Waals surface area (Å²) in [4.78, 5) is 13.4. The van der Waals surface area contributed by atoms with Gasteiger partial charge in [0, 0.05) is 18.3 Å². The molecule has 0 spiro atoms. The van der Waals surface area contributed by atoms with Crippen LogP contribution in [0.1, 0.15) is 23.6 Å². The highest BCUT2D eigenvalue weighted by atomic mass is 16.2. The number of carbonyl (C=O) groups is 1. The maximum atomic E-state index is 11.8. The topological polar surface area (TPSA) is 20.3 Å². The molecule has 1 aromatic carbocycles. The van der Waals surface area contributed by atoms with Crippen molar-refractivity contribution in [1.82, 2.24) is 0 Å². The second kappa shape index (κ2) is 4.52. The van der Waals surface area contributed by atoms with E-state index in [1.807, 2.05) is 12.1 Å². The van der Waals surface area contributed by atoms with Crippen molar-refractivity contribution in [2.45, 2.75) is 27.7 Å². The van der Waals surface area contributed by atoms with E-state index in [2.05, 4.69) is 27.4 Å². The third-order valence-electron chi connectivity index (χ3n) is 2.97. The summed E-state index contributed by atoms with van der Waals surface area (Å²) in [7, 11) is 1.78. The zero-order valence-corrected chi connectivity index (χ0v) is 10.7. The maximum absolute atomic E-state index is 11.8. The Morgan fingerprint density at radius 1 is 1.19 bits per heavy atom. The van der Waals surface area contributed by atoms with Crippen molar-refractivity contribution in [1.29, 1.82) is 0 Å². The maximum Gasteiger partial charge on any atom is 0.253 e. The van der Waals surface area contributed by atoms with E-state index < -0.39 is 0 Å². The summed E-state index contributed by atoms with van der Waals surface area (Å²) >= 11 is 0. The zero-order chi connectivity index (χ0) is 12.5. The van der Waals surface area contributed by atoms with Crippen molar-refractivity contribution < 1.29 is 4.79 Å². The lowest BCUT2D eigenvalue weighted by Crippen LogP contribution is -2.26. The lowest BCUT2D eigenvalue weighted by atomic mass is 10.0. The van der Waals surface area contributed by atoms with E-state index in [-0.39, 0.29) is 5.91 Å². The van der Waals surface area contributed by atoms with Gasteiger partial charge in [0.25, 0.3) is 5.91 Å². The Morgan fingerprint density at radius 3 is 2.00 bits per heavy atom. The zero-order valence-electron chi connectivity index (χ0n) is 10.7. The second-order valence-corrected chi connectivity index (χ2v) is 4.35. The van der Waals surface area contributed by atoms with Crippen molar-refractivity contribution in [3.8, 4) is 0 Å². The van der Waals surface area contributed by atoms with E-state index in [0.29, 0.717) is 5.57 Å². The number of amides is 1. The summed E-state index contributed by atoms with van der Waals surface area (Å²) < 4.78 is 0. The van der Waals surface area contributed by atoms with Crippen molar-refractivity contribution in [3.63, 3.8) is 0 Å². The lowest BCUT2D eigenvalue weighted by molar-refractivity contribution is -0.114. The average molecular weight is 217 g/mol. The Bertz CT molecular complexity index is 423. The van der Waals surface area contributed by atoms with Gasteiger partial charge in [0.15, 0.2) is 0 Å². The minimum atomic E-state index is -0.0392. The summed E-state index contributed by atoms with van der Waals surface area (Å²) in [5.41, 5.74) is 5.17. The van der Waals surface area contributed by atoms with Crippen LogP contribution in [0, 0.1) is 20.8 Å². The van der Waals surface area contributed by atoms with Gasteiger partial charge in [-0.15, -0.1) is 0 Å². The summed E-state index contributed by atoms with van der Waals surface area (Å²) in [6.45, 7) is 11.6. The molecule has 0 aliphatic heterocycles. The summed E-state index contributed by atoms with van der Waals surface area (Å²) in [6.07, 6.45) is 0. The molecule has 0 unspecified atom stereocenters. The van der Waals surface area contributed by atoms with Crippen molar-refractivity contribution in [2.24, 2.45) is 0 Å². The summed E-state index contributed by atoms with van der Waals surface area (Å²) in [5, 5.41) is 0. The van der Waals surface area contributed by atoms with E-state index in [1.54, 1.807) is 18.9 Å². The van der Waals surface area contributed by atoms with Gasteiger partial charge >= 0.3 is 0 Å². The Hall–Kier alpha value is -1.57. The molecule has 0 saturated carbocycles. The smallest absolute Gasteiger partial charge is 0.253 e. The Labute approximate surface area is 97.6 Å². The van der Waals surface area contributed by atoms with E-state index >= 15 is 0 Å². The fraction of sp³-hybridized carbons (Fsp3) is 0.357. The number of likely N-dealkylation sites (N-methyl/N-ethyl adjacent to an activating group) is 1. The van der Waals surface area contributed by atoms with Gasteiger partial charge < -0.3 is 4.90 Å². The molecule has 0 atom stereocenters. The second-order valence-electron chi connectivity index (χ2n) is 4.35. The van der Waals surface area contributed by atoms with Crippen molar-refractivity contribution in [3.05, 3.63) is 41.0 Å². The van der Waals surface area contributed by atoms with Crippen LogP contribution in [0.15, 0.2) is 24.3 Å². The first-order valence-corrected chi connectivity index (χ1v) is 5.36. The third kappa shape index (κ3) is 2.32. The lowest BCUT2D eigenvalue weighted by Gasteiger charge is -2.19. The predicted molar refractivity (Wildman–Crippen MR) is 68.9 cm³/mol. The van der Waals surface area contributed by atoms with Crippen LogP contribution in [0.5, 0.6) is 0 Å². The molecule has 0 N–H and O–H groups in total. The van der Waals surface area contributed by atoms with Gasteiger partial charge in [-0.2, -0.15) is 0 Å². The molecule has 0 heterocycles. The molecule has 0 fully saturated rings. The van der Waals surface area contributed by atoms with Crippen LogP contribution < -0.4 is 4.90 Å². The quantitative estimate of drug-likeness (QED) is 0.697. The molecule has 0 aliphatic rings. The van der Waals surface area contributed by atoms with Crippen LogP contribution in [0.2, 0.25) is 0 Å². The average Bonchev–Trinajstić information content (AvgIpc) is 2.22. The highest BCUT2D eigenvalue weighted by Crippen LogP contribution is 2.22. The van der Waals surface area contributed by atoms with E-state index in [9.17, 15) is 4.79 Å². The summed E-state index contributed by atoms with van der Waals surface area (Å²) in [6, 6.07) is 4.06. The van der Waals surface area contributed by atoms with Crippen LogP contribution in [0.25, 0.3) is 0 Å². The van der Waals surface area contributed by atoms with Gasteiger partial charge in [0.2, 0.25) is 0 Å². The number of carbonyl (C=O) groups excluding carboxylic acids is 1. The fourth-order valence-corrected chi connectivity index (χ4v) is 1.61. The predicted octanol–water partition coefficient (Wildman–Crippen LogP) is 3.15. The molecule has 0 radical (unpaired) electrons. The third-order valence-corrected chi connectivity index (χ3v) is 2.97. The molecule has 86 valence electrons. The molecule has 2 heteroatoms. The van der Waals surface area contributed by atoms with Crippen LogP contribution in [0.4, 0.5) is 5.69 Å². The molecule has 1 amide bonds. The number of rotatable bonds is 2. The SMILES string of the molecule is C=C(C)C(=O)N(C)c1cc(C)c(C)c(C)c1. The summed E-state index contributed by atoms with van der Waals surface area (Å²) in [5.74, 6) is -0.0392. The Morgan fingerprint density at radius 2 is 1.62 bits per heavy atom. The Kier molecular flexibility index (Phi) is 3.53. The first-order chi connectivity index (χ1) is 7.34. The minimum absolute atomic E-state index is 0.0392. The van der Waals surface area contributed by atoms with Crippen LogP contribution >= 0.6 is 0 Å².